The maximum absolute atomic E-state index is 9.48. The molecule has 0 radical (unpaired) electrons. The first-order chi connectivity index (χ1) is 6.95. The SMILES string of the molecule is CCCCCC/C=C\C(O)OC(C)(C)C. The fraction of sp³-hybridized carbons (Fsp3) is 0.846. The molecule has 2 heteroatoms. The van der Waals surface area contributed by atoms with E-state index >= 15 is 0 Å². The Morgan fingerprint density at radius 3 is 2.40 bits per heavy atom. The highest BCUT2D eigenvalue weighted by Crippen LogP contribution is 2.10. The molecule has 2 nitrogen and oxygen atoms in total. The van der Waals surface area contributed by atoms with E-state index in [-0.39, 0.29) is 5.60 Å². The summed E-state index contributed by atoms with van der Waals surface area (Å²) in [5.41, 5.74) is -0.286. The van der Waals surface area contributed by atoms with Crippen molar-refractivity contribution in [3.63, 3.8) is 0 Å². The van der Waals surface area contributed by atoms with E-state index in [0.717, 1.165) is 6.42 Å². The predicted octanol–water partition coefficient (Wildman–Crippen LogP) is 3.65. The Bertz CT molecular complexity index is 168. The van der Waals surface area contributed by atoms with Gasteiger partial charge in [0.15, 0.2) is 6.29 Å². The van der Waals surface area contributed by atoms with Crippen molar-refractivity contribution in [3.8, 4) is 0 Å². The molecule has 0 spiro atoms. The quantitative estimate of drug-likeness (QED) is 0.398. The number of aliphatic hydroxyl groups is 1. The zero-order chi connectivity index (χ0) is 11.7. The molecule has 0 aliphatic rings. The monoisotopic (exact) mass is 214 g/mol. The number of aliphatic hydroxyl groups excluding tert-OH is 1. The van der Waals surface area contributed by atoms with Gasteiger partial charge < -0.3 is 9.84 Å². The van der Waals surface area contributed by atoms with Gasteiger partial charge in [0.05, 0.1) is 5.60 Å². The molecule has 0 aromatic heterocycles. The maximum Gasteiger partial charge on any atom is 0.174 e. The third kappa shape index (κ3) is 11.6. The van der Waals surface area contributed by atoms with E-state index in [9.17, 15) is 5.11 Å². The molecular weight excluding hydrogens is 188 g/mol. The molecule has 15 heavy (non-hydrogen) atoms. The van der Waals surface area contributed by atoms with E-state index in [0.29, 0.717) is 0 Å². The van der Waals surface area contributed by atoms with Crippen LogP contribution in [0.2, 0.25) is 0 Å². The van der Waals surface area contributed by atoms with Gasteiger partial charge in [0.2, 0.25) is 0 Å². The maximum atomic E-state index is 9.48. The smallest absolute Gasteiger partial charge is 0.174 e. The first-order valence-corrected chi connectivity index (χ1v) is 5.98. The van der Waals surface area contributed by atoms with Crippen LogP contribution in [-0.4, -0.2) is 17.0 Å². The molecule has 0 rings (SSSR count). The molecule has 0 aliphatic carbocycles. The summed E-state index contributed by atoms with van der Waals surface area (Å²) in [6.45, 7) is 8.01. The molecule has 0 amide bonds. The van der Waals surface area contributed by atoms with E-state index in [1.165, 1.54) is 25.7 Å². The summed E-state index contributed by atoms with van der Waals surface area (Å²) in [5.74, 6) is 0. The summed E-state index contributed by atoms with van der Waals surface area (Å²) < 4.78 is 5.33. The molecule has 1 N–H and O–H groups in total. The van der Waals surface area contributed by atoms with Crippen LogP contribution in [0.3, 0.4) is 0 Å². The molecule has 0 bridgehead atoms. The summed E-state index contributed by atoms with van der Waals surface area (Å²) in [6.07, 6.45) is 9.04. The van der Waals surface area contributed by atoms with Gasteiger partial charge >= 0.3 is 0 Å². The van der Waals surface area contributed by atoms with Crippen molar-refractivity contribution in [2.24, 2.45) is 0 Å². The van der Waals surface area contributed by atoms with Crippen molar-refractivity contribution in [2.75, 3.05) is 0 Å². The summed E-state index contributed by atoms with van der Waals surface area (Å²) in [5, 5.41) is 9.48. The third-order valence-corrected chi connectivity index (χ3v) is 2.00. The highest BCUT2D eigenvalue weighted by atomic mass is 16.6. The van der Waals surface area contributed by atoms with Crippen molar-refractivity contribution in [1.29, 1.82) is 0 Å². The second-order valence-electron chi connectivity index (χ2n) is 4.90. The average Bonchev–Trinajstić information content (AvgIpc) is 2.08. The Morgan fingerprint density at radius 1 is 1.20 bits per heavy atom. The van der Waals surface area contributed by atoms with Crippen LogP contribution in [0.4, 0.5) is 0 Å². The Morgan fingerprint density at radius 2 is 1.87 bits per heavy atom. The topological polar surface area (TPSA) is 29.5 Å². The van der Waals surface area contributed by atoms with Gasteiger partial charge in [-0.05, 0) is 39.7 Å². The summed E-state index contributed by atoms with van der Waals surface area (Å²) >= 11 is 0. The molecule has 0 saturated heterocycles. The minimum Gasteiger partial charge on any atom is -0.365 e. The lowest BCUT2D eigenvalue weighted by Crippen LogP contribution is -2.25. The Labute approximate surface area is 94.3 Å². The van der Waals surface area contributed by atoms with Crippen molar-refractivity contribution in [1.82, 2.24) is 0 Å². The largest absolute Gasteiger partial charge is 0.365 e. The van der Waals surface area contributed by atoms with E-state index in [2.05, 4.69) is 6.92 Å². The van der Waals surface area contributed by atoms with Gasteiger partial charge in [0, 0.05) is 0 Å². The van der Waals surface area contributed by atoms with Gasteiger partial charge in [-0.15, -0.1) is 0 Å². The van der Waals surface area contributed by atoms with Crippen LogP contribution in [-0.2, 0) is 4.74 Å². The summed E-state index contributed by atoms with van der Waals surface area (Å²) in [4.78, 5) is 0. The fourth-order valence-electron chi connectivity index (χ4n) is 1.30. The number of allylic oxidation sites excluding steroid dienone is 1. The lowest BCUT2D eigenvalue weighted by atomic mass is 10.1. The minimum absolute atomic E-state index is 0.286. The van der Waals surface area contributed by atoms with E-state index < -0.39 is 6.29 Å². The summed E-state index contributed by atoms with van der Waals surface area (Å²) in [6, 6.07) is 0. The highest BCUT2D eigenvalue weighted by Gasteiger charge is 2.13. The Hall–Kier alpha value is -0.340. The predicted molar refractivity (Wildman–Crippen MR) is 64.7 cm³/mol. The second kappa shape index (κ2) is 7.89. The van der Waals surface area contributed by atoms with Crippen LogP contribution < -0.4 is 0 Å². The molecule has 0 fully saturated rings. The van der Waals surface area contributed by atoms with Crippen LogP contribution in [0.1, 0.15) is 59.8 Å². The number of hydrogen-bond donors (Lipinski definition) is 1. The zero-order valence-electron chi connectivity index (χ0n) is 10.6. The molecule has 90 valence electrons. The second-order valence-corrected chi connectivity index (χ2v) is 4.90. The molecule has 1 unspecified atom stereocenters. The lowest BCUT2D eigenvalue weighted by Gasteiger charge is -2.21. The number of rotatable bonds is 7. The minimum atomic E-state index is -0.767. The van der Waals surface area contributed by atoms with Crippen molar-refractivity contribution in [2.45, 2.75) is 71.7 Å². The van der Waals surface area contributed by atoms with Gasteiger partial charge in [-0.1, -0.05) is 32.3 Å². The van der Waals surface area contributed by atoms with Crippen LogP contribution in [0.5, 0.6) is 0 Å². The zero-order valence-corrected chi connectivity index (χ0v) is 10.6. The molecule has 1 atom stereocenters. The summed E-state index contributed by atoms with van der Waals surface area (Å²) in [7, 11) is 0. The van der Waals surface area contributed by atoms with E-state index in [1.54, 1.807) is 6.08 Å². The molecule has 0 aliphatic heterocycles. The lowest BCUT2D eigenvalue weighted by molar-refractivity contribution is -0.137. The van der Waals surface area contributed by atoms with E-state index in [1.807, 2.05) is 26.8 Å². The molecule has 0 heterocycles. The van der Waals surface area contributed by atoms with Crippen LogP contribution in [0.25, 0.3) is 0 Å². The molecular formula is C13H26O2. The highest BCUT2D eigenvalue weighted by molar-refractivity contribution is 4.85. The van der Waals surface area contributed by atoms with Gasteiger partial charge in [-0.2, -0.15) is 0 Å². The van der Waals surface area contributed by atoms with Crippen LogP contribution >= 0.6 is 0 Å². The van der Waals surface area contributed by atoms with E-state index in [4.69, 9.17) is 4.74 Å². The first kappa shape index (κ1) is 14.7. The normalized spacial score (nSPS) is 14.7. The number of ether oxygens (including phenoxy) is 1. The number of hydrogen-bond acceptors (Lipinski definition) is 2. The van der Waals surface area contributed by atoms with Gasteiger partial charge in [0.25, 0.3) is 0 Å². The van der Waals surface area contributed by atoms with Crippen molar-refractivity contribution >= 4 is 0 Å². The first-order valence-electron chi connectivity index (χ1n) is 5.98. The Balaban J connectivity index is 3.50. The standard InChI is InChI=1S/C13H26O2/c1-5-6-7-8-9-10-11-12(14)15-13(2,3)4/h10-12,14H,5-9H2,1-4H3/b11-10-. The van der Waals surface area contributed by atoms with Crippen molar-refractivity contribution in [3.05, 3.63) is 12.2 Å². The fourth-order valence-corrected chi connectivity index (χ4v) is 1.30. The van der Waals surface area contributed by atoms with Crippen molar-refractivity contribution < 1.29 is 9.84 Å². The van der Waals surface area contributed by atoms with Gasteiger partial charge in [-0.25, -0.2) is 0 Å². The van der Waals surface area contributed by atoms with Crippen LogP contribution in [0, 0.1) is 0 Å². The van der Waals surface area contributed by atoms with Gasteiger partial charge in [0.1, 0.15) is 0 Å². The number of unbranched alkanes of at least 4 members (excludes halogenated alkanes) is 4. The third-order valence-electron chi connectivity index (χ3n) is 2.00. The molecule has 0 aromatic rings. The Kier molecular flexibility index (Phi) is 7.71. The van der Waals surface area contributed by atoms with Crippen LogP contribution in [0.15, 0.2) is 12.2 Å². The van der Waals surface area contributed by atoms with Gasteiger partial charge in [-0.3, -0.25) is 0 Å². The molecule has 0 saturated carbocycles. The average molecular weight is 214 g/mol. The molecule has 0 aromatic carbocycles.